The number of rotatable bonds is 10. The maximum Gasteiger partial charge on any atom is 0.255 e. The van der Waals surface area contributed by atoms with Crippen molar-refractivity contribution in [2.45, 2.75) is 52.5 Å². The van der Waals surface area contributed by atoms with Gasteiger partial charge in [-0.05, 0) is 66.5 Å². The number of halogens is 1. The van der Waals surface area contributed by atoms with Gasteiger partial charge in [-0.15, -0.1) is 0 Å². The highest BCUT2D eigenvalue weighted by Gasteiger charge is 2.15. The van der Waals surface area contributed by atoms with Crippen molar-refractivity contribution < 1.29 is 14.3 Å². The molecule has 5 nitrogen and oxygen atoms in total. The number of carbonyl (C=O) groups excluding carboxylic acids is 2. The Kier molecular flexibility index (Phi) is 9.19. The zero-order valence-corrected chi connectivity index (χ0v) is 18.8. The molecular weight excluding hydrogens is 432 g/mol. The molecule has 156 valence electrons. The summed E-state index contributed by atoms with van der Waals surface area (Å²) < 4.78 is 6.52. The molecule has 2 N–H and O–H groups in total. The Bertz CT molecular complexity index is 837. The van der Waals surface area contributed by atoms with Crippen LogP contribution in [-0.4, -0.2) is 24.5 Å². The molecule has 0 saturated heterocycles. The van der Waals surface area contributed by atoms with Crippen LogP contribution in [0.25, 0.3) is 0 Å². The van der Waals surface area contributed by atoms with Crippen LogP contribution >= 0.6 is 15.9 Å². The smallest absolute Gasteiger partial charge is 0.255 e. The van der Waals surface area contributed by atoms with E-state index < -0.39 is 0 Å². The molecule has 2 amide bonds. The minimum Gasteiger partial charge on any atom is -0.492 e. The number of carbonyl (C=O) groups is 2. The summed E-state index contributed by atoms with van der Waals surface area (Å²) in [6.07, 6.45) is 4.56. The summed E-state index contributed by atoms with van der Waals surface area (Å²) in [6, 6.07) is 12.2. The first kappa shape index (κ1) is 22.9. The third kappa shape index (κ3) is 7.20. The maximum absolute atomic E-state index is 12.7. The first-order valence-electron chi connectivity index (χ1n) is 10.1. The average Bonchev–Trinajstić information content (AvgIpc) is 2.68. The van der Waals surface area contributed by atoms with Crippen LogP contribution in [0.15, 0.2) is 46.9 Å². The van der Waals surface area contributed by atoms with Crippen LogP contribution in [0.1, 0.15) is 67.2 Å². The zero-order chi connectivity index (χ0) is 21.2. The van der Waals surface area contributed by atoms with Crippen molar-refractivity contribution in [1.29, 1.82) is 0 Å². The summed E-state index contributed by atoms with van der Waals surface area (Å²) in [5.41, 5.74) is 1.39. The van der Waals surface area contributed by atoms with Crippen LogP contribution in [0.5, 0.6) is 5.75 Å². The van der Waals surface area contributed by atoms with E-state index in [0.717, 1.165) is 23.1 Å². The van der Waals surface area contributed by atoms with E-state index >= 15 is 0 Å². The number of nitrogens with one attached hydrogen (secondary N) is 2. The van der Waals surface area contributed by atoms with Crippen molar-refractivity contribution in [3.05, 3.63) is 58.1 Å². The van der Waals surface area contributed by atoms with Gasteiger partial charge in [0.2, 0.25) is 0 Å². The topological polar surface area (TPSA) is 67.4 Å². The molecule has 0 aliphatic rings. The molecule has 0 aromatic heterocycles. The van der Waals surface area contributed by atoms with E-state index in [0.29, 0.717) is 23.4 Å². The normalized spacial score (nSPS) is 10.7. The molecule has 0 spiro atoms. The van der Waals surface area contributed by atoms with Gasteiger partial charge in [-0.2, -0.15) is 0 Å². The standard InChI is InChI=1S/C23H29BrN2O3/c1-4-5-6-9-14-29-21-13-12-17(15-19(21)24)22(27)26-20-11-8-7-10-18(20)23(28)25-16(2)3/h7-8,10-13,15-16H,4-6,9,14H2,1-3H3,(H,25,28)(H,26,27). The Morgan fingerprint density at radius 3 is 2.48 bits per heavy atom. The van der Waals surface area contributed by atoms with Gasteiger partial charge < -0.3 is 15.4 Å². The average molecular weight is 461 g/mol. The van der Waals surface area contributed by atoms with Gasteiger partial charge in [0.05, 0.1) is 22.3 Å². The van der Waals surface area contributed by atoms with Crippen molar-refractivity contribution in [2.24, 2.45) is 0 Å². The molecule has 0 heterocycles. The van der Waals surface area contributed by atoms with Crippen molar-refractivity contribution in [3.8, 4) is 5.75 Å². The second-order valence-electron chi connectivity index (χ2n) is 7.18. The van der Waals surface area contributed by atoms with Gasteiger partial charge in [0, 0.05) is 11.6 Å². The van der Waals surface area contributed by atoms with E-state index in [1.54, 1.807) is 42.5 Å². The number of hydrogen-bond acceptors (Lipinski definition) is 3. The van der Waals surface area contributed by atoms with Crippen LogP contribution in [0.4, 0.5) is 5.69 Å². The summed E-state index contributed by atoms with van der Waals surface area (Å²) in [6.45, 7) is 6.62. The van der Waals surface area contributed by atoms with Gasteiger partial charge in [0.1, 0.15) is 5.75 Å². The molecule has 2 aromatic carbocycles. The number of ether oxygens (including phenoxy) is 1. The van der Waals surface area contributed by atoms with Crippen LogP contribution in [-0.2, 0) is 0 Å². The van der Waals surface area contributed by atoms with Crippen LogP contribution in [0.2, 0.25) is 0 Å². The molecule has 0 saturated carbocycles. The highest BCUT2D eigenvalue weighted by atomic mass is 79.9. The lowest BCUT2D eigenvalue weighted by molar-refractivity contribution is 0.0944. The quantitative estimate of drug-likeness (QED) is 0.440. The largest absolute Gasteiger partial charge is 0.492 e. The Morgan fingerprint density at radius 2 is 1.79 bits per heavy atom. The molecule has 2 rings (SSSR count). The van der Waals surface area contributed by atoms with E-state index in [4.69, 9.17) is 4.74 Å². The third-order valence-electron chi connectivity index (χ3n) is 4.29. The van der Waals surface area contributed by atoms with E-state index in [1.807, 2.05) is 13.8 Å². The summed E-state index contributed by atoms with van der Waals surface area (Å²) in [5.74, 6) is 0.212. The number of para-hydroxylation sites is 1. The second-order valence-corrected chi connectivity index (χ2v) is 8.04. The molecule has 0 aliphatic carbocycles. The highest BCUT2D eigenvalue weighted by Crippen LogP contribution is 2.27. The van der Waals surface area contributed by atoms with Gasteiger partial charge in [-0.1, -0.05) is 38.3 Å². The van der Waals surface area contributed by atoms with Crippen molar-refractivity contribution in [2.75, 3.05) is 11.9 Å². The molecular formula is C23H29BrN2O3. The van der Waals surface area contributed by atoms with Crippen molar-refractivity contribution in [1.82, 2.24) is 5.32 Å². The van der Waals surface area contributed by atoms with Crippen LogP contribution in [0, 0.1) is 0 Å². The fourth-order valence-electron chi connectivity index (χ4n) is 2.79. The monoisotopic (exact) mass is 460 g/mol. The summed E-state index contributed by atoms with van der Waals surface area (Å²) >= 11 is 3.48. The number of anilines is 1. The lowest BCUT2D eigenvalue weighted by atomic mass is 10.1. The van der Waals surface area contributed by atoms with Crippen molar-refractivity contribution >= 4 is 33.4 Å². The first-order valence-corrected chi connectivity index (χ1v) is 10.8. The summed E-state index contributed by atoms with van der Waals surface area (Å²) in [4.78, 5) is 25.1. The first-order chi connectivity index (χ1) is 13.9. The fourth-order valence-corrected chi connectivity index (χ4v) is 3.29. The lowest BCUT2D eigenvalue weighted by Gasteiger charge is -2.14. The van der Waals surface area contributed by atoms with E-state index in [1.165, 1.54) is 12.8 Å². The predicted octanol–water partition coefficient (Wildman–Crippen LogP) is 5.80. The van der Waals surface area contributed by atoms with E-state index in [9.17, 15) is 9.59 Å². The Morgan fingerprint density at radius 1 is 1.03 bits per heavy atom. The predicted molar refractivity (Wildman–Crippen MR) is 121 cm³/mol. The number of benzene rings is 2. The fraction of sp³-hybridized carbons (Fsp3) is 0.391. The minimum absolute atomic E-state index is 0.0109. The SMILES string of the molecule is CCCCCCOc1ccc(C(=O)Nc2ccccc2C(=O)NC(C)C)cc1Br. The maximum atomic E-state index is 12.7. The van der Waals surface area contributed by atoms with E-state index in [2.05, 4.69) is 33.5 Å². The second kappa shape index (κ2) is 11.6. The molecule has 0 fully saturated rings. The van der Waals surface area contributed by atoms with Gasteiger partial charge in [0.25, 0.3) is 11.8 Å². The number of amides is 2. The van der Waals surface area contributed by atoms with Crippen molar-refractivity contribution in [3.63, 3.8) is 0 Å². The number of unbranched alkanes of at least 4 members (excludes halogenated alkanes) is 3. The highest BCUT2D eigenvalue weighted by molar-refractivity contribution is 9.10. The van der Waals surface area contributed by atoms with Crippen LogP contribution < -0.4 is 15.4 Å². The summed E-state index contributed by atoms with van der Waals surface area (Å²) in [5, 5.41) is 5.68. The summed E-state index contributed by atoms with van der Waals surface area (Å²) in [7, 11) is 0. The van der Waals surface area contributed by atoms with Gasteiger partial charge in [-0.3, -0.25) is 9.59 Å². The number of hydrogen-bond donors (Lipinski definition) is 2. The molecule has 0 atom stereocenters. The lowest BCUT2D eigenvalue weighted by Crippen LogP contribution is -2.31. The third-order valence-corrected chi connectivity index (χ3v) is 4.91. The molecule has 0 radical (unpaired) electrons. The zero-order valence-electron chi connectivity index (χ0n) is 17.3. The molecule has 0 aliphatic heterocycles. The van der Waals surface area contributed by atoms with Gasteiger partial charge in [-0.25, -0.2) is 0 Å². The van der Waals surface area contributed by atoms with E-state index in [-0.39, 0.29) is 17.9 Å². The Labute approximate surface area is 181 Å². The van der Waals surface area contributed by atoms with Crippen LogP contribution in [0.3, 0.4) is 0 Å². The van der Waals surface area contributed by atoms with Gasteiger partial charge >= 0.3 is 0 Å². The Hall–Kier alpha value is -2.34. The molecule has 2 aromatic rings. The molecule has 29 heavy (non-hydrogen) atoms. The molecule has 6 heteroatoms. The Balaban J connectivity index is 2.04. The molecule has 0 unspecified atom stereocenters. The minimum atomic E-state index is -0.287. The van der Waals surface area contributed by atoms with Gasteiger partial charge in [0.15, 0.2) is 0 Å². The molecule has 0 bridgehead atoms.